The molecule has 0 radical (unpaired) electrons. The van der Waals surface area contributed by atoms with Crippen molar-refractivity contribution in [2.45, 2.75) is 0 Å². The SMILES string of the molecule is CN(O)C(=O)c1ccc2snnc2c1. The van der Waals surface area contributed by atoms with E-state index in [0.717, 1.165) is 4.70 Å². The highest BCUT2D eigenvalue weighted by molar-refractivity contribution is 7.12. The summed E-state index contributed by atoms with van der Waals surface area (Å²) >= 11 is 1.27. The van der Waals surface area contributed by atoms with Crippen LogP contribution in [-0.2, 0) is 0 Å². The number of fused-ring (bicyclic) bond motifs is 1. The zero-order chi connectivity index (χ0) is 10.1. The quantitative estimate of drug-likeness (QED) is 0.565. The van der Waals surface area contributed by atoms with E-state index in [4.69, 9.17) is 5.21 Å². The predicted molar refractivity (Wildman–Crippen MR) is 51.3 cm³/mol. The third-order valence-electron chi connectivity index (χ3n) is 1.79. The average Bonchev–Trinajstić information content (AvgIpc) is 2.62. The van der Waals surface area contributed by atoms with Crippen molar-refractivity contribution in [3.63, 3.8) is 0 Å². The molecule has 1 aromatic carbocycles. The average molecular weight is 209 g/mol. The molecule has 2 rings (SSSR count). The largest absolute Gasteiger partial charge is 0.286 e. The molecule has 1 aromatic heterocycles. The van der Waals surface area contributed by atoms with Crippen LogP contribution in [0.5, 0.6) is 0 Å². The van der Waals surface area contributed by atoms with Crippen molar-refractivity contribution in [3.8, 4) is 0 Å². The van der Waals surface area contributed by atoms with Crippen molar-refractivity contribution in [1.29, 1.82) is 0 Å². The smallest absolute Gasteiger partial charge is 0.277 e. The highest BCUT2D eigenvalue weighted by atomic mass is 32.1. The van der Waals surface area contributed by atoms with Crippen molar-refractivity contribution >= 4 is 27.7 Å². The minimum Gasteiger partial charge on any atom is -0.286 e. The van der Waals surface area contributed by atoms with E-state index < -0.39 is 5.91 Å². The van der Waals surface area contributed by atoms with Gasteiger partial charge in [0.15, 0.2) is 0 Å². The van der Waals surface area contributed by atoms with Crippen LogP contribution in [0.25, 0.3) is 10.2 Å². The van der Waals surface area contributed by atoms with Crippen LogP contribution in [-0.4, -0.2) is 32.8 Å². The van der Waals surface area contributed by atoms with Crippen molar-refractivity contribution in [3.05, 3.63) is 23.8 Å². The van der Waals surface area contributed by atoms with Crippen LogP contribution in [0, 0.1) is 0 Å². The second kappa shape index (κ2) is 3.32. The Morgan fingerprint density at radius 3 is 3.07 bits per heavy atom. The van der Waals surface area contributed by atoms with E-state index in [1.807, 2.05) is 0 Å². The maximum Gasteiger partial charge on any atom is 0.277 e. The molecule has 1 heterocycles. The molecule has 5 nitrogen and oxygen atoms in total. The van der Waals surface area contributed by atoms with Gasteiger partial charge in [0.05, 0.1) is 4.70 Å². The van der Waals surface area contributed by atoms with E-state index in [0.29, 0.717) is 16.1 Å². The molecule has 1 amide bonds. The van der Waals surface area contributed by atoms with Crippen LogP contribution in [0.2, 0.25) is 0 Å². The van der Waals surface area contributed by atoms with Gasteiger partial charge in [-0.3, -0.25) is 10.0 Å². The van der Waals surface area contributed by atoms with E-state index in [1.54, 1.807) is 18.2 Å². The van der Waals surface area contributed by atoms with Crippen LogP contribution in [0.15, 0.2) is 18.2 Å². The summed E-state index contributed by atoms with van der Waals surface area (Å²) in [6.45, 7) is 0. The first-order valence-corrected chi connectivity index (χ1v) is 4.65. The second-order valence-corrected chi connectivity index (χ2v) is 3.57. The summed E-state index contributed by atoms with van der Waals surface area (Å²) in [5, 5.41) is 13.3. The predicted octanol–water partition coefficient (Wildman–Crippen LogP) is 1.15. The Labute approximate surface area is 83.7 Å². The first kappa shape index (κ1) is 9.04. The highest BCUT2D eigenvalue weighted by Gasteiger charge is 2.10. The van der Waals surface area contributed by atoms with Crippen LogP contribution in [0.1, 0.15) is 10.4 Å². The fourth-order valence-electron chi connectivity index (χ4n) is 1.10. The summed E-state index contributed by atoms with van der Waals surface area (Å²) in [6.07, 6.45) is 0. The summed E-state index contributed by atoms with van der Waals surface area (Å²) < 4.78 is 4.67. The zero-order valence-electron chi connectivity index (χ0n) is 7.34. The van der Waals surface area contributed by atoms with Gasteiger partial charge >= 0.3 is 0 Å². The molecule has 0 saturated carbocycles. The lowest BCUT2D eigenvalue weighted by Crippen LogP contribution is -2.22. The lowest BCUT2D eigenvalue weighted by atomic mass is 10.2. The molecule has 0 saturated heterocycles. The van der Waals surface area contributed by atoms with Gasteiger partial charge in [-0.25, -0.2) is 5.06 Å². The van der Waals surface area contributed by atoms with E-state index in [2.05, 4.69) is 9.59 Å². The molecule has 0 aliphatic carbocycles. The first-order valence-electron chi connectivity index (χ1n) is 3.87. The van der Waals surface area contributed by atoms with Crippen LogP contribution < -0.4 is 0 Å². The van der Waals surface area contributed by atoms with Crippen LogP contribution in [0.4, 0.5) is 0 Å². The van der Waals surface area contributed by atoms with E-state index in [1.165, 1.54) is 18.6 Å². The van der Waals surface area contributed by atoms with Gasteiger partial charge in [-0.2, -0.15) is 0 Å². The summed E-state index contributed by atoms with van der Waals surface area (Å²) in [4.78, 5) is 11.3. The first-order chi connectivity index (χ1) is 6.68. The summed E-state index contributed by atoms with van der Waals surface area (Å²) in [6, 6.07) is 5.00. The monoisotopic (exact) mass is 209 g/mol. The Balaban J connectivity index is 2.48. The fourth-order valence-corrected chi connectivity index (χ4v) is 1.64. The van der Waals surface area contributed by atoms with Gasteiger partial charge in [-0.1, -0.05) is 4.49 Å². The normalized spacial score (nSPS) is 10.4. The molecular weight excluding hydrogens is 202 g/mol. The van der Waals surface area contributed by atoms with E-state index in [-0.39, 0.29) is 0 Å². The Kier molecular flexibility index (Phi) is 2.14. The van der Waals surface area contributed by atoms with Gasteiger partial charge in [0.1, 0.15) is 5.52 Å². The Hall–Kier alpha value is -1.53. The molecule has 0 fully saturated rings. The van der Waals surface area contributed by atoms with Crippen molar-refractivity contribution < 1.29 is 10.0 Å². The number of aromatic nitrogens is 2. The van der Waals surface area contributed by atoms with Gasteiger partial charge in [-0.15, -0.1) is 5.10 Å². The van der Waals surface area contributed by atoms with Gasteiger partial charge in [0.2, 0.25) is 0 Å². The second-order valence-electron chi connectivity index (χ2n) is 2.78. The number of carbonyl (C=O) groups is 1. The number of benzene rings is 1. The third-order valence-corrected chi connectivity index (χ3v) is 2.49. The molecule has 6 heteroatoms. The highest BCUT2D eigenvalue weighted by Crippen LogP contribution is 2.17. The number of hydroxylamine groups is 2. The van der Waals surface area contributed by atoms with Crippen LogP contribution >= 0.6 is 11.5 Å². The van der Waals surface area contributed by atoms with Crippen molar-refractivity contribution in [1.82, 2.24) is 14.7 Å². The van der Waals surface area contributed by atoms with Crippen molar-refractivity contribution in [2.75, 3.05) is 7.05 Å². The topological polar surface area (TPSA) is 66.3 Å². The maximum atomic E-state index is 11.3. The minimum atomic E-state index is -0.458. The Morgan fingerprint density at radius 1 is 1.57 bits per heavy atom. The lowest BCUT2D eigenvalue weighted by Gasteiger charge is -2.07. The molecule has 0 unspecified atom stereocenters. The number of hydrogen-bond acceptors (Lipinski definition) is 5. The fraction of sp³-hybridized carbons (Fsp3) is 0.125. The Bertz CT molecular complexity index is 480. The summed E-state index contributed by atoms with van der Waals surface area (Å²) in [5.41, 5.74) is 1.07. The van der Waals surface area contributed by atoms with Gasteiger partial charge in [0.25, 0.3) is 5.91 Å². The van der Waals surface area contributed by atoms with E-state index >= 15 is 0 Å². The molecular formula is C8H7N3O2S. The molecule has 1 N–H and O–H groups in total. The molecule has 0 aliphatic heterocycles. The molecule has 0 spiro atoms. The number of amides is 1. The Morgan fingerprint density at radius 2 is 2.36 bits per heavy atom. The molecule has 0 atom stereocenters. The molecule has 72 valence electrons. The summed E-state index contributed by atoms with van der Waals surface area (Å²) in [7, 11) is 1.28. The van der Waals surface area contributed by atoms with Crippen LogP contribution in [0.3, 0.4) is 0 Å². The maximum absolute atomic E-state index is 11.3. The van der Waals surface area contributed by atoms with Crippen molar-refractivity contribution in [2.24, 2.45) is 0 Å². The molecule has 0 aliphatic rings. The molecule has 0 bridgehead atoms. The standard InChI is InChI=1S/C8H7N3O2S/c1-11(13)8(12)5-2-3-7-6(4-5)9-10-14-7/h2-4,13H,1H3. The lowest BCUT2D eigenvalue weighted by molar-refractivity contribution is -0.0374. The number of nitrogens with zero attached hydrogens (tertiary/aromatic N) is 3. The third kappa shape index (κ3) is 1.45. The zero-order valence-corrected chi connectivity index (χ0v) is 8.15. The summed E-state index contributed by atoms with van der Waals surface area (Å²) in [5.74, 6) is -0.458. The van der Waals surface area contributed by atoms with Gasteiger partial charge < -0.3 is 0 Å². The minimum absolute atomic E-state index is 0.398. The van der Waals surface area contributed by atoms with Gasteiger partial charge in [0, 0.05) is 12.6 Å². The number of carbonyl (C=O) groups excluding carboxylic acids is 1. The van der Waals surface area contributed by atoms with E-state index in [9.17, 15) is 4.79 Å². The number of rotatable bonds is 1. The van der Waals surface area contributed by atoms with Gasteiger partial charge in [-0.05, 0) is 29.7 Å². The number of hydrogen-bond donors (Lipinski definition) is 1. The molecule has 14 heavy (non-hydrogen) atoms. The molecule has 2 aromatic rings.